The maximum Gasteiger partial charge on any atom is 0.471 e. The minimum atomic E-state index is -5.16. The number of rotatable bonds is 4. The third-order valence-corrected chi connectivity index (χ3v) is 9.93. The first-order chi connectivity index (χ1) is 21.2. The molecule has 14 heteroatoms. The van der Waals surface area contributed by atoms with Crippen LogP contribution in [0.5, 0.6) is 23.0 Å². The number of benzene rings is 2. The highest BCUT2D eigenvalue weighted by atomic mass is 19.4. The summed E-state index contributed by atoms with van der Waals surface area (Å²) in [7, 11) is 1.91. The van der Waals surface area contributed by atoms with Crippen molar-refractivity contribution in [2.24, 2.45) is 0 Å². The highest BCUT2D eigenvalue weighted by Crippen LogP contribution is 2.57. The first-order valence-electron chi connectivity index (χ1n) is 14.7. The number of carbonyl (C=O) groups is 2. The Bertz CT molecular complexity index is 1660. The van der Waals surface area contributed by atoms with Crippen molar-refractivity contribution in [2.45, 2.75) is 83.0 Å². The average Bonchev–Trinajstić information content (AvgIpc) is 3.47. The number of halogens is 3. The lowest BCUT2D eigenvalue weighted by molar-refractivity contribution is -0.174. The van der Waals surface area contributed by atoms with Crippen molar-refractivity contribution in [2.75, 3.05) is 20.4 Å². The second-order valence-electron chi connectivity index (χ2n) is 12.3. The number of piperazine rings is 1. The zero-order valence-corrected chi connectivity index (χ0v) is 25.4. The van der Waals surface area contributed by atoms with E-state index in [0.717, 1.165) is 29.2 Å². The number of likely N-dealkylation sites (N-methyl/N-ethyl adjacent to an activating group) is 1. The molecule has 2 aromatic carbocycles. The van der Waals surface area contributed by atoms with Crippen molar-refractivity contribution >= 4 is 11.8 Å². The molecule has 6 atom stereocenters. The van der Waals surface area contributed by atoms with Crippen LogP contribution in [0.2, 0.25) is 0 Å². The molecule has 0 aromatic heterocycles. The van der Waals surface area contributed by atoms with Crippen LogP contribution in [0.15, 0.2) is 6.07 Å². The minimum Gasteiger partial charge on any atom is -0.507 e. The quantitative estimate of drug-likeness (QED) is 0.401. The predicted octanol–water partition coefficient (Wildman–Crippen LogP) is 2.71. The Hall–Kier alpha value is -4.22. The number of hydrogen-bond acceptors (Lipinski definition) is 9. The number of phenolic OH excluding ortho intramolecular Hbond substituents is 2. The average molecular weight is 630 g/mol. The van der Waals surface area contributed by atoms with E-state index in [1.165, 1.54) is 0 Å². The van der Waals surface area contributed by atoms with Crippen LogP contribution in [-0.2, 0) is 22.4 Å². The molecule has 0 saturated carbocycles. The number of hydrogen-bond donors (Lipinski definition) is 4. The van der Waals surface area contributed by atoms with Gasteiger partial charge in [-0.15, -0.1) is 0 Å². The highest BCUT2D eigenvalue weighted by molar-refractivity contribution is 5.89. The molecule has 0 radical (unpaired) electrons. The molecule has 4 N–H and O–H groups in total. The SMILES string of the molecule is Cc1cc2c(c(O)c1C)[C@H]1C3Cc4c(O)c(C)c5c(c4[C@H](CNC(=O)[C@H](C)NC(=O)C(F)(F)F)N3[C@@H](C#N)[C@H](C2)N1C)OCO5. The monoisotopic (exact) mass is 629 g/mol. The van der Waals surface area contributed by atoms with E-state index >= 15 is 0 Å². The molecule has 2 aromatic rings. The summed E-state index contributed by atoms with van der Waals surface area (Å²) in [6.45, 7) is 6.33. The fourth-order valence-electron chi connectivity index (χ4n) is 7.60. The summed E-state index contributed by atoms with van der Waals surface area (Å²) in [6, 6.07) is 0.326. The molecular formula is C31H34F3N5O6. The summed E-state index contributed by atoms with van der Waals surface area (Å²) in [6.07, 6.45) is -4.41. The molecule has 11 nitrogen and oxygen atoms in total. The molecule has 4 aliphatic rings. The molecule has 4 aliphatic heterocycles. The summed E-state index contributed by atoms with van der Waals surface area (Å²) in [5, 5.41) is 37.9. The molecule has 1 saturated heterocycles. The van der Waals surface area contributed by atoms with Gasteiger partial charge in [-0.1, -0.05) is 6.07 Å². The van der Waals surface area contributed by atoms with Gasteiger partial charge in [-0.05, 0) is 64.3 Å². The number of ether oxygens (including phenoxy) is 2. The van der Waals surface area contributed by atoms with Gasteiger partial charge in [0.2, 0.25) is 12.7 Å². The smallest absolute Gasteiger partial charge is 0.471 e. The minimum absolute atomic E-state index is 0.0188. The molecule has 6 rings (SSSR count). The normalized spacial score (nSPS) is 25.8. The number of fused-ring (bicyclic) bond motifs is 9. The number of phenols is 2. The van der Waals surface area contributed by atoms with Crippen LogP contribution in [-0.4, -0.2) is 82.6 Å². The lowest BCUT2D eigenvalue weighted by atomic mass is 9.71. The first kappa shape index (κ1) is 30.8. The lowest BCUT2D eigenvalue weighted by Crippen LogP contribution is -2.69. The summed E-state index contributed by atoms with van der Waals surface area (Å²) in [4.78, 5) is 28.6. The predicted molar refractivity (Wildman–Crippen MR) is 153 cm³/mol. The third-order valence-electron chi connectivity index (χ3n) is 9.93. The van der Waals surface area contributed by atoms with E-state index in [-0.39, 0.29) is 37.3 Å². The van der Waals surface area contributed by atoms with Crippen LogP contribution in [0.1, 0.15) is 58.0 Å². The Labute approximate surface area is 257 Å². The van der Waals surface area contributed by atoms with Crippen molar-refractivity contribution in [1.29, 1.82) is 5.26 Å². The summed E-state index contributed by atoms with van der Waals surface area (Å²) in [5.74, 6) is -2.24. The van der Waals surface area contributed by atoms with Crippen LogP contribution in [0, 0.1) is 32.1 Å². The van der Waals surface area contributed by atoms with Crippen molar-refractivity contribution in [3.05, 3.63) is 45.0 Å². The number of amides is 2. The van der Waals surface area contributed by atoms with E-state index in [1.54, 1.807) is 12.2 Å². The number of carbonyl (C=O) groups excluding carboxylic acids is 2. The second kappa shape index (κ2) is 10.7. The van der Waals surface area contributed by atoms with E-state index < -0.39 is 48.2 Å². The highest BCUT2D eigenvalue weighted by Gasteiger charge is 2.56. The molecule has 0 spiro atoms. The van der Waals surface area contributed by atoms with Crippen LogP contribution in [0.3, 0.4) is 0 Å². The summed E-state index contributed by atoms with van der Waals surface area (Å²) < 4.78 is 50.1. The maximum atomic E-state index is 13.0. The molecule has 0 aliphatic carbocycles. The largest absolute Gasteiger partial charge is 0.507 e. The fraction of sp³-hybridized carbons (Fsp3) is 0.516. The fourth-order valence-corrected chi connectivity index (χ4v) is 7.60. The van der Waals surface area contributed by atoms with E-state index in [4.69, 9.17) is 9.47 Å². The van der Waals surface area contributed by atoms with Gasteiger partial charge in [0, 0.05) is 40.9 Å². The topological polar surface area (TPSA) is 147 Å². The van der Waals surface area contributed by atoms with Crippen molar-refractivity contribution in [1.82, 2.24) is 20.4 Å². The van der Waals surface area contributed by atoms with Gasteiger partial charge in [-0.2, -0.15) is 18.4 Å². The number of alkyl halides is 3. The Morgan fingerprint density at radius 3 is 2.44 bits per heavy atom. The molecule has 4 heterocycles. The van der Waals surface area contributed by atoms with Gasteiger partial charge in [-0.25, -0.2) is 0 Å². The Kier molecular flexibility index (Phi) is 7.32. The van der Waals surface area contributed by atoms with Gasteiger partial charge < -0.3 is 30.3 Å². The Morgan fingerprint density at radius 2 is 1.78 bits per heavy atom. The van der Waals surface area contributed by atoms with Crippen molar-refractivity contribution in [3.63, 3.8) is 0 Å². The molecule has 240 valence electrons. The lowest BCUT2D eigenvalue weighted by Gasteiger charge is -2.60. The van der Waals surface area contributed by atoms with Gasteiger partial charge >= 0.3 is 12.1 Å². The molecule has 1 unspecified atom stereocenters. The van der Waals surface area contributed by atoms with Gasteiger partial charge in [0.15, 0.2) is 11.5 Å². The third kappa shape index (κ3) is 4.63. The van der Waals surface area contributed by atoms with E-state index in [2.05, 4.69) is 16.3 Å². The van der Waals surface area contributed by atoms with Gasteiger partial charge in [0.05, 0.1) is 18.2 Å². The van der Waals surface area contributed by atoms with Crippen LogP contribution < -0.4 is 20.1 Å². The van der Waals surface area contributed by atoms with E-state index in [1.807, 2.05) is 31.9 Å². The summed E-state index contributed by atoms with van der Waals surface area (Å²) in [5.41, 5.74) is 4.89. The zero-order valence-electron chi connectivity index (χ0n) is 25.4. The number of nitriles is 1. The molecular weight excluding hydrogens is 595 g/mol. The molecule has 2 amide bonds. The molecule has 45 heavy (non-hydrogen) atoms. The molecule has 2 bridgehead atoms. The Balaban J connectivity index is 1.47. The second-order valence-corrected chi connectivity index (χ2v) is 12.3. The van der Waals surface area contributed by atoms with Crippen LogP contribution in [0.4, 0.5) is 13.2 Å². The van der Waals surface area contributed by atoms with Gasteiger partial charge in [-0.3, -0.25) is 19.4 Å². The van der Waals surface area contributed by atoms with E-state index in [0.29, 0.717) is 34.6 Å². The Morgan fingerprint density at radius 1 is 1.09 bits per heavy atom. The molecule has 1 fully saturated rings. The van der Waals surface area contributed by atoms with E-state index in [9.17, 15) is 38.2 Å². The van der Waals surface area contributed by atoms with Crippen molar-refractivity contribution < 1.29 is 42.4 Å². The standard InChI is InChI=1S/C31H34F3N5O6/c1-12-6-16-7-18-20(9-35)39-19(24(38(18)5)22(16)26(41)13(12)2)8-17-23(28-27(44-11-45-28)14(3)25(17)40)21(39)10-36-29(42)15(4)37-30(43)31(32,33)34/h6,15,18-21,24,40-41H,7-8,10-11H2,1-5H3,(H,36,42)(H,37,43)/t15-,18-,19?,20-,21-,24+/m0/s1. The number of nitrogens with zero attached hydrogens (tertiary/aromatic N) is 3. The van der Waals surface area contributed by atoms with Crippen LogP contribution in [0.25, 0.3) is 0 Å². The van der Waals surface area contributed by atoms with Gasteiger partial charge in [0.1, 0.15) is 23.6 Å². The summed E-state index contributed by atoms with van der Waals surface area (Å²) >= 11 is 0. The maximum absolute atomic E-state index is 13.0. The number of aryl methyl sites for hydroxylation is 1. The first-order valence-corrected chi connectivity index (χ1v) is 14.7. The van der Waals surface area contributed by atoms with Crippen molar-refractivity contribution in [3.8, 4) is 29.1 Å². The number of aromatic hydroxyl groups is 2. The number of nitrogens with one attached hydrogen (secondary N) is 2. The van der Waals surface area contributed by atoms with Gasteiger partial charge in [0.25, 0.3) is 0 Å². The zero-order chi connectivity index (χ0) is 32.7. The van der Waals surface area contributed by atoms with Crippen LogP contribution >= 0.6 is 0 Å².